The standard InChI is InChI=1S/C17H11Cl2NO2/c18-15-7-3-13(11-16(15)19)4-8-17(21)22-14-5-1-12(2-6-14)9-10-20/h1-8,11H,9H2/b8-4+. The minimum atomic E-state index is -0.501. The predicted molar refractivity (Wildman–Crippen MR) is 86.9 cm³/mol. The maximum atomic E-state index is 11.7. The Morgan fingerprint density at radius 2 is 1.86 bits per heavy atom. The Morgan fingerprint density at radius 1 is 1.14 bits per heavy atom. The molecule has 0 unspecified atom stereocenters. The second-order valence-electron chi connectivity index (χ2n) is 4.41. The summed E-state index contributed by atoms with van der Waals surface area (Å²) in [6.07, 6.45) is 3.23. The summed E-state index contributed by atoms with van der Waals surface area (Å²) < 4.78 is 5.16. The number of nitriles is 1. The third-order valence-electron chi connectivity index (χ3n) is 2.78. The highest BCUT2D eigenvalue weighted by atomic mass is 35.5. The number of carbonyl (C=O) groups is 1. The molecule has 0 aromatic heterocycles. The number of rotatable bonds is 4. The van der Waals surface area contributed by atoms with E-state index in [9.17, 15) is 4.79 Å². The summed E-state index contributed by atoms with van der Waals surface area (Å²) in [6.45, 7) is 0. The van der Waals surface area contributed by atoms with Crippen LogP contribution in [0.3, 0.4) is 0 Å². The maximum Gasteiger partial charge on any atom is 0.336 e. The molecule has 0 spiro atoms. The third kappa shape index (κ3) is 4.63. The van der Waals surface area contributed by atoms with Crippen molar-refractivity contribution in [3.05, 3.63) is 69.7 Å². The average molecular weight is 332 g/mol. The van der Waals surface area contributed by atoms with E-state index in [0.717, 1.165) is 11.1 Å². The molecular weight excluding hydrogens is 321 g/mol. The number of nitrogens with zero attached hydrogens (tertiary/aromatic N) is 1. The molecule has 22 heavy (non-hydrogen) atoms. The van der Waals surface area contributed by atoms with Crippen molar-refractivity contribution in [3.63, 3.8) is 0 Å². The number of carbonyl (C=O) groups excluding carboxylic acids is 1. The molecule has 110 valence electrons. The van der Waals surface area contributed by atoms with Crippen molar-refractivity contribution in [1.29, 1.82) is 5.26 Å². The van der Waals surface area contributed by atoms with Crippen LogP contribution in [0.1, 0.15) is 11.1 Å². The van der Waals surface area contributed by atoms with Crippen molar-refractivity contribution in [2.75, 3.05) is 0 Å². The van der Waals surface area contributed by atoms with E-state index in [2.05, 4.69) is 6.07 Å². The quantitative estimate of drug-likeness (QED) is 0.464. The van der Waals surface area contributed by atoms with Crippen LogP contribution in [-0.4, -0.2) is 5.97 Å². The Balaban J connectivity index is 1.98. The zero-order valence-corrected chi connectivity index (χ0v) is 12.9. The minimum absolute atomic E-state index is 0.325. The minimum Gasteiger partial charge on any atom is -0.423 e. The fourth-order valence-corrected chi connectivity index (χ4v) is 2.00. The molecule has 2 aromatic rings. The van der Waals surface area contributed by atoms with E-state index in [1.807, 2.05) is 0 Å². The van der Waals surface area contributed by atoms with Gasteiger partial charge in [-0.05, 0) is 41.5 Å². The van der Waals surface area contributed by atoms with Crippen molar-refractivity contribution in [3.8, 4) is 11.8 Å². The van der Waals surface area contributed by atoms with E-state index < -0.39 is 5.97 Å². The highest BCUT2D eigenvalue weighted by molar-refractivity contribution is 6.42. The zero-order valence-electron chi connectivity index (χ0n) is 11.4. The van der Waals surface area contributed by atoms with Gasteiger partial charge in [0.15, 0.2) is 0 Å². The normalized spacial score (nSPS) is 10.4. The fraction of sp³-hybridized carbons (Fsp3) is 0.0588. The van der Waals surface area contributed by atoms with Gasteiger partial charge in [0.2, 0.25) is 0 Å². The molecule has 0 aliphatic heterocycles. The van der Waals surface area contributed by atoms with Crippen LogP contribution in [-0.2, 0) is 11.2 Å². The molecule has 0 N–H and O–H groups in total. The van der Waals surface area contributed by atoms with Gasteiger partial charge >= 0.3 is 5.97 Å². The Bertz CT molecular complexity index is 746. The molecule has 0 fully saturated rings. The number of halogens is 2. The molecule has 0 aliphatic rings. The van der Waals surface area contributed by atoms with E-state index >= 15 is 0 Å². The lowest BCUT2D eigenvalue weighted by atomic mass is 10.2. The summed E-state index contributed by atoms with van der Waals surface area (Å²) in [5.74, 6) is -0.0791. The second kappa shape index (κ2) is 7.65. The topological polar surface area (TPSA) is 50.1 Å². The van der Waals surface area contributed by atoms with Crippen LogP contribution in [0.15, 0.2) is 48.5 Å². The fourth-order valence-electron chi connectivity index (χ4n) is 1.70. The number of hydrogen-bond donors (Lipinski definition) is 0. The SMILES string of the molecule is N#CCc1ccc(OC(=O)/C=C/c2ccc(Cl)c(Cl)c2)cc1. The first-order valence-corrected chi connectivity index (χ1v) is 7.15. The summed E-state index contributed by atoms with van der Waals surface area (Å²) in [7, 11) is 0. The van der Waals surface area contributed by atoms with Gasteiger partial charge in [-0.25, -0.2) is 4.79 Å². The van der Waals surface area contributed by atoms with E-state index in [0.29, 0.717) is 22.2 Å². The maximum absolute atomic E-state index is 11.7. The zero-order chi connectivity index (χ0) is 15.9. The molecule has 5 heteroatoms. The lowest BCUT2D eigenvalue weighted by Crippen LogP contribution is -2.03. The average Bonchev–Trinajstić information content (AvgIpc) is 2.51. The van der Waals surface area contributed by atoms with E-state index in [1.54, 1.807) is 48.5 Å². The lowest BCUT2D eigenvalue weighted by molar-refractivity contribution is -0.128. The van der Waals surface area contributed by atoms with Crippen LogP contribution in [0.5, 0.6) is 5.75 Å². The highest BCUT2D eigenvalue weighted by Gasteiger charge is 2.02. The molecule has 0 aliphatic carbocycles. The van der Waals surface area contributed by atoms with Crippen LogP contribution >= 0.6 is 23.2 Å². The molecule has 0 saturated carbocycles. The van der Waals surface area contributed by atoms with Crippen molar-refractivity contribution >= 4 is 35.2 Å². The van der Waals surface area contributed by atoms with Crippen LogP contribution in [0, 0.1) is 11.3 Å². The Labute approximate surface area is 138 Å². The molecule has 0 bridgehead atoms. The number of hydrogen-bond acceptors (Lipinski definition) is 3. The lowest BCUT2D eigenvalue weighted by Gasteiger charge is -2.02. The number of benzene rings is 2. The summed E-state index contributed by atoms with van der Waals surface area (Å²) in [5.41, 5.74) is 1.62. The largest absolute Gasteiger partial charge is 0.423 e. The molecule has 0 amide bonds. The molecule has 0 radical (unpaired) electrons. The van der Waals surface area contributed by atoms with Crippen molar-refractivity contribution in [2.45, 2.75) is 6.42 Å². The summed E-state index contributed by atoms with van der Waals surface area (Å²) in [5, 5.41) is 9.47. The van der Waals surface area contributed by atoms with Crippen molar-refractivity contribution < 1.29 is 9.53 Å². The molecule has 2 rings (SSSR count). The van der Waals surface area contributed by atoms with Crippen molar-refractivity contribution in [2.24, 2.45) is 0 Å². The molecule has 0 atom stereocenters. The molecule has 0 saturated heterocycles. The highest BCUT2D eigenvalue weighted by Crippen LogP contribution is 2.23. The first-order valence-electron chi connectivity index (χ1n) is 6.39. The van der Waals surface area contributed by atoms with E-state index in [1.165, 1.54) is 6.08 Å². The van der Waals surface area contributed by atoms with Crippen LogP contribution < -0.4 is 4.74 Å². The van der Waals surface area contributed by atoms with Crippen LogP contribution in [0.2, 0.25) is 10.0 Å². The van der Waals surface area contributed by atoms with Crippen molar-refractivity contribution in [1.82, 2.24) is 0 Å². The van der Waals surface area contributed by atoms with E-state index in [-0.39, 0.29) is 0 Å². The smallest absolute Gasteiger partial charge is 0.336 e. The summed E-state index contributed by atoms with van der Waals surface area (Å²) >= 11 is 11.7. The predicted octanol–water partition coefficient (Wildman–Crippen LogP) is 4.68. The molecule has 2 aromatic carbocycles. The molecule has 0 heterocycles. The van der Waals surface area contributed by atoms with Gasteiger partial charge in [0.05, 0.1) is 22.5 Å². The van der Waals surface area contributed by atoms with E-state index in [4.69, 9.17) is 33.2 Å². The monoisotopic (exact) mass is 331 g/mol. The van der Waals surface area contributed by atoms with Gasteiger partial charge < -0.3 is 4.74 Å². The summed E-state index contributed by atoms with van der Waals surface area (Å²) in [4.78, 5) is 11.7. The summed E-state index contributed by atoms with van der Waals surface area (Å²) in [6, 6.07) is 13.9. The van der Waals surface area contributed by atoms with Gasteiger partial charge in [-0.3, -0.25) is 0 Å². The number of ether oxygens (including phenoxy) is 1. The molecular formula is C17H11Cl2NO2. The second-order valence-corrected chi connectivity index (χ2v) is 5.22. The first-order chi connectivity index (χ1) is 10.6. The van der Waals surface area contributed by atoms with Gasteiger partial charge in [0.1, 0.15) is 5.75 Å². The number of esters is 1. The van der Waals surface area contributed by atoms with Gasteiger partial charge in [-0.15, -0.1) is 0 Å². The molecule has 3 nitrogen and oxygen atoms in total. The first kappa shape index (κ1) is 16.1. The Morgan fingerprint density at radius 3 is 2.50 bits per heavy atom. The Kier molecular flexibility index (Phi) is 5.60. The van der Waals surface area contributed by atoms with Gasteiger partial charge in [0.25, 0.3) is 0 Å². The van der Waals surface area contributed by atoms with Crippen LogP contribution in [0.25, 0.3) is 6.08 Å². The van der Waals surface area contributed by atoms with Gasteiger partial charge in [0, 0.05) is 6.08 Å². The Hall–Kier alpha value is -2.28. The van der Waals surface area contributed by atoms with Crippen LogP contribution in [0.4, 0.5) is 0 Å². The van der Waals surface area contributed by atoms with Gasteiger partial charge in [-0.1, -0.05) is 41.4 Å². The third-order valence-corrected chi connectivity index (χ3v) is 3.52. The van der Waals surface area contributed by atoms with Gasteiger partial charge in [-0.2, -0.15) is 5.26 Å².